The van der Waals surface area contributed by atoms with E-state index in [0.29, 0.717) is 15.9 Å². The quantitative estimate of drug-likeness (QED) is 0.331. The molecule has 1 aromatic rings. The van der Waals surface area contributed by atoms with Crippen LogP contribution in [0.5, 0.6) is 0 Å². The highest BCUT2D eigenvalue weighted by Crippen LogP contribution is 2.67. The first-order valence-electron chi connectivity index (χ1n) is 15.4. The molecule has 0 amide bonds. The molecular formula is C34H50Cl2O3. The second-order valence-corrected chi connectivity index (χ2v) is 15.0. The largest absolute Gasteiger partial charge is 0.478 e. The number of fused-ring (bicyclic) bond motifs is 5. The Labute approximate surface area is 246 Å². The number of aromatic carboxylic acids is 1. The zero-order chi connectivity index (χ0) is 28.5. The molecule has 5 heteroatoms. The molecule has 4 aliphatic carbocycles. The molecule has 0 saturated heterocycles. The van der Waals surface area contributed by atoms with Gasteiger partial charge in [-0.3, -0.25) is 0 Å². The summed E-state index contributed by atoms with van der Waals surface area (Å²) in [6, 6.07) is 4.25. The van der Waals surface area contributed by atoms with Gasteiger partial charge < -0.3 is 10.2 Å². The molecular weight excluding hydrogens is 527 g/mol. The molecule has 5 rings (SSSR count). The van der Waals surface area contributed by atoms with E-state index < -0.39 is 5.97 Å². The Morgan fingerprint density at radius 1 is 1.03 bits per heavy atom. The fourth-order valence-electron chi connectivity index (χ4n) is 9.33. The minimum absolute atomic E-state index is 0.0658. The van der Waals surface area contributed by atoms with Crippen LogP contribution in [0.2, 0.25) is 10.0 Å². The lowest BCUT2D eigenvalue weighted by Crippen LogP contribution is -2.50. The summed E-state index contributed by atoms with van der Waals surface area (Å²) in [5.74, 6) is 4.41. The van der Waals surface area contributed by atoms with E-state index >= 15 is 0 Å². The van der Waals surface area contributed by atoms with Crippen molar-refractivity contribution in [2.24, 2.45) is 46.3 Å². The van der Waals surface area contributed by atoms with Crippen molar-refractivity contribution < 1.29 is 15.0 Å². The summed E-state index contributed by atoms with van der Waals surface area (Å²) in [7, 11) is 0. The average molecular weight is 578 g/mol. The van der Waals surface area contributed by atoms with Gasteiger partial charge in [0, 0.05) is 5.02 Å². The molecule has 218 valence electrons. The van der Waals surface area contributed by atoms with Gasteiger partial charge in [0.2, 0.25) is 0 Å². The summed E-state index contributed by atoms with van der Waals surface area (Å²) in [5, 5.41) is 19.3. The maximum atomic E-state index is 10.4. The van der Waals surface area contributed by atoms with Crippen LogP contribution >= 0.6 is 23.2 Å². The van der Waals surface area contributed by atoms with E-state index in [-0.39, 0.29) is 16.7 Å². The molecule has 0 aliphatic heterocycles. The molecule has 0 aromatic heterocycles. The molecule has 0 spiro atoms. The molecule has 0 radical (unpaired) electrons. The lowest BCUT2D eigenvalue weighted by Gasteiger charge is -2.58. The second-order valence-electron chi connectivity index (χ2n) is 14.1. The lowest BCUT2D eigenvalue weighted by atomic mass is 9.47. The smallest absolute Gasteiger partial charge is 0.337 e. The van der Waals surface area contributed by atoms with Gasteiger partial charge in [-0.25, -0.2) is 4.79 Å². The first kappa shape index (κ1) is 30.9. The monoisotopic (exact) mass is 576 g/mol. The number of hydrogen-bond donors (Lipinski definition) is 2. The van der Waals surface area contributed by atoms with E-state index in [4.69, 9.17) is 28.3 Å². The number of carboxylic acids is 1. The zero-order valence-corrected chi connectivity index (χ0v) is 26.2. The highest BCUT2D eigenvalue weighted by Gasteiger charge is 2.59. The number of hydrogen-bond acceptors (Lipinski definition) is 2. The highest BCUT2D eigenvalue weighted by molar-refractivity contribution is 6.36. The Hall–Kier alpha value is -1.03. The molecule has 3 nitrogen and oxygen atoms in total. The van der Waals surface area contributed by atoms with Gasteiger partial charge in [-0.15, -0.1) is 0 Å². The van der Waals surface area contributed by atoms with Crippen LogP contribution in [0.3, 0.4) is 0 Å². The fraction of sp³-hybridized carbons (Fsp3) is 0.735. The fourth-order valence-corrected chi connectivity index (χ4v) is 9.82. The number of benzene rings is 1. The van der Waals surface area contributed by atoms with E-state index in [1.807, 2.05) is 0 Å². The summed E-state index contributed by atoms with van der Waals surface area (Å²) in [4.78, 5) is 10.4. The lowest BCUT2D eigenvalue weighted by molar-refractivity contribution is -0.0573. The van der Waals surface area contributed by atoms with Gasteiger partial charge in [-0.2, -0.15) is 0 Å². The number of rotatable bonds is 6. The average Bonchev–Trinajstić information content (AvgIpc) is 3.21. The SMILES string of the molecule is CC(C)CCCC(C)[C@H]1CC[C@H]2[C@@H]3CC=C4C[C@@H](O)CC[C@]4(C)[C@H]3CC[C@]12C.O=C(O)c1ccc(Cl)cc1Cl. The van der Waals surface area contributed by atoms with Crippen molar-refractivity contribution >= 4 is 29.2 Å². The van der Waals surface area contributed by atoms with Gasteiger partial charge in [0.05, 0.1) is 16.7 Å². The van der Waals surface area contributed by atoms with Crippen LogP contribution in [-0.4, -0.2) is 22.3 Å². The van der Waals surface area contributed by atoms with Crippen molar-refractivity contribution in [1.29, 1.82) is 0 Å². The number of carboxylic acid groups (broad SMARTS) is 1. The van der Waals surface area contributed by atoms with Gasteiger partial charge in [-0.1, -0.05) is 88.7 Å². The molecule has 39 heavy (non-hydrogen) atoms. The maximum Gasteiger partial charge on any atom is 0.337 e. The molecule has 8 atom stereocenters. The van der Waals surface area contributed by atoms with Gasteiger partial charge in [0.1, 0.15) is 0 Å². The Balaban J connectivity index is 0.000000270. The van der Waals surface area contributed by atoms with E-state index in [2.05, 4.69) is 40.7 Å². The summed E-state index contributed by atoms with van der Waals surface area (Å²) < 4.78 is 0. The second kappa shape index (κ2) is 12.5. The predicted octanol–water partition coefficient (Wildman–Crippen LogP) is 10.1. The maximum absolute atomic E-state index is 10.4. The van der Waals surface area contributed by atoms with E-state index in [1.54, 1.807) is 5.57 Å². The number of aliphatic hydroxyl groups excluding tert-OH is 1. The predicted molar refractivity (Wildman–Crippen MR) is 162 cm³/mol. The molecule has 2 N–H and O–H groups in total. The van der Waals surface area contributed by atoms with Gasteiger partial charge in [0.15, 0.2) is 0 Å². The van der Waals surface area contributed by atoms with Crippen LogP contribution in [0, 0.1) is 46.3 Å². The standard InChI is InChI=1S/C27H46O.C7H4Cl2O2/c1-18(2)7-6-8-19(3)23-11-12-24-22-10-9-20-17-21(28)13-15-26(20,4)25(22)14-16-27(23,24)5;8-4-1-2-5(7(10)11)6(9)3-4/h9,18-19,21-25,28H,6-8,10-17H2,1-5H3;1-3H,(H,10,11)/t19?,21-,22-,23+,24-,25-,26-,27+;/m0./s1. The van der Waals surface area contributed by atoms with Crippen LogP contribution in [-0.2, 0) is 0 Å². The summed E-state index contributed by atoms with van der Waals surface area (Å²) in [6.45, 7) is 12.6. The summed E-state index contributed by atoms with van der Waals surface area (Å²) in [6.07, 6.45) is 17.2. The molecule has 3 saturated carbocycles. The van der Waals surface area contributed by atoms with Crippen LogP contribution in [0.4, 0.5) is 0 Å². The molecule has 4 aliphatic rings. The van der Waals surface area contributed by atoms with Crippen molar-refractivity contribution in [3.05, 3.63) is 45.5 Å². The van der Waals surface area contributed by atoms with Crippen molar-refractivity contribution in [1.82, 2.24) is 0 Å². The van der Waals surface area contributed by atoms with Gasteiger partial charge in [0.25, 0.3) is 0 Å². The highest BCUT2D eigenvalue weighted by atomic mass is 35.5. The van der Waals surface area contributed by atoms with Crippen molar-refractivity contribution in [3.8, 4) is 0 Å². The van der Waals surface area contributed by atoms with Crippen molar-refractivity contribution in [3.63, 3.8) is 0 Å². The third-order valence-electron chi connectivity index (χ3n) is 11.4. The normalized spacial score (nSPS) is 36.1. The number of aliphatic hydroxyl groups is 1. The first-order chi connectivity index (χ1) is 18.4. The molecule has 0 heterocycles. The number of allylic oxidation sites excluding steroid dienone is 1. The van der Waals surface area contributed by atoms with E-state index in [0.717, 1.165) is 48.3 Å². The minimum atomic E-state index is -1.05. The van der Waals surface area contributed by atoms with Gasteiger partial charge >= 0.3 is 5.97 Å². The van der Waals surface area contributed by atoms with Crippen LogP contribution in [0.1, 0.15) is 116 Å². The topological polar surface area (TPSA) is 57.5 Å². The van der Waals surface area contributed by atoms with Crippen molar-refractivity contribution in [2.75, 3.05) is 0 Å². The van der Waals surface area contributed by atoms with Crippen LogP contribution in [0.15, 0.2) is 29.8 Å². The summed E-state index contributed by atoms with van der Waals surface area (Å²) in [5.41, 5.74) is 2.67. The molecule has 1 unspecified atom stereocenters. The summed E-state index contributed by atoms with van der Waals surface area (Å²) >= 11 is 11.1. The van der Waals surface area contributed by atoms with Crippen molar-refractivity contribution in [2.45, 2.75) is 111 Å². The van der Waals surface area contributed by atoms with Crippen LogP contribution < -0.4 is 0 Å². The van der Waals surface area contributed by atoms with Gasteiger partial charge in [-0.05, 0) is 116 Å². The molecule has 3 fully saturated rings. The van der Waals surface area contributed by atoms with E-state index in [1.165, 1.54) is 76.0 Å². The number of halogens is 2. The van der Waals surface area contributed by atoms with Crippen LogP contribution in [0.25, 0.3) is 0 Å². The first-order valence-corrected chi connectivity index (χ1v) is 16.2. The third kappa shape index (κ3) is 6.41. The Morgan fingerprint density at radius 3 is 2.44 bits per heavy atom. The third-order valence-corrected chi connectivity index (χ3v) is 12.0. The minimum Gasteiger partial charge on any atom is -0.478 e. The molecule has 0 bridgehead atoms. The Kier molecular flexibility index (Phi) is 9.87. The Morgan fingerprint density at radius 2 is 1.77 bits per heavy atom. The zero-order valence-electron chi connectivity index (χ0n) is 24.7. The molecule has 1 aromatic carbocycles. The Bertz CT molecular complexity index is 1050. The number of carbonyl (C=O) groups is 1. The van der Waals surface area contributed by atoms with E-state index in [9.17, 15) is 9.90 Å².